The zero-order valence-corrected chi connectivity index (χ0v) is 10.3. The molecule has 1 saturated heterocycles. The van der Waals surface area contributed by atoms with E-state index >= 15 is 0 Å². The van der Waals surface area contributed by atoms with Crippen molar-refractivity contribution in [3.8, 4) is 0 Å². The molecule has 0 aromatic heterocycles. The molecular formula is C15H21NO. The first kappa shape index (κ1) is 11.2. The fraction of sp³-hybridized carbons (Fsp3) is 0.600. The van der Waals surface area contributed by atoms with Gasteiger partial charge in [-0.3, -0.25) is 0 Å². The van der Waals surface area contributed by atoms with Gasteiger partial charge in [-0.2, -0.15) is 0 Å². The number of nitrogens with zero attached hydrogens (tertiary/aromatic N) is 1. The second kappa shape index (κ2) is 4.79. The second-order valence-electron chi connectivity index (χ2n) is 5.47. The SMILES string of the molecule is O[C@H]1c2ccccc2C[C@H]1CN1CCCCC1. The van der Waals surface area contributed by atoms with E-state index in [1.165, 1.54) is 37.9 Å². The molecule has 3 rings (SSSR count). The minimum Gasteiger partial charge on any atom is -0.388 e. The normalized spacial score (nSPS) is 29.2. The minimum absolute atomic E-state index is 0.242. The van der Waals surface area contributed by atoms with E-state index in [0.29, 0.717) is 5.92 Å². The number of aliphatic hydroxyl groups excluding tert-OH is 1. The third kappa shape index (κ3) is 2.24. The summed E-state index contributed by atoms with van der Waals surface area (Å²) in [6, 6.07) is 8.35. The lowest BCUT2D eigenvalue weighted by atomic mass is 10.0. The average Bonchev–Trinajstić information content (AvgIpc) is 2.68. The number of piperidine rings is 1. The number of fused-ring (bicyclic) bond motifs is 1. The fourth-order valence-corrected chi connectivity index (χ4v) is 3.29. The van der Waals surface area contributed by atoms with E-state index < -0.39 is 0 Å². The topological polar surface area (TPSA) is 23.5 Å². The van der Waals surface area contributed by atoms with Crippen LogP contribution in [-0.4, -0.2) is 29.6 Å². The molecule has 1 N–H and O–H groups in total. The fourth-order valence-electron chi connectivity index (χ4n) is 3.29. The highest BCUT2D eigenvalue weighted by atomic mass is 16.3. The Morgan fingerprint density at radius 2 is 1.88 bits per heavy atom. The maximum atomic E-state index is 10.3. The maximum Gasteiger partial charge on any atom is 0.0836 e. The first-order valence-electron chi connectivity index (χ1n) is 6.83. The molecule has 92 valence electrons. The number of hydrogen-bond donors (Lipinski definition) is 1. The van der Waals surface area contributed by atoms with Gasteiger partial charge in [0.05, 0.1) is 6.10 Å². The van der Waals surface area contributed by atoms with Gasteiger partial charge in [0.15, 0.2) is 0 Å². The molecule has 1 heterocycles. The van der Waals surface area contributed by atoms with Crippen LogP contribution in [0.25, 0.3) is 0 Å². The van der Waals surface area contributed by atoms with Gasteiger partial charge in [0, 0.05) is 12.5 Å². The molecule has 17 heavy (non-hydrogen) atoms. The molecule has 0 saturated carbocycles. The Balaban J connectivity index is 1.67. The van der Waals surface area contributed by atoms with Crippen LogP contribution in [0.5, 0.6) is 0 Å². The van der Waals surface area contributed by atoms with Crippen LogP contribution < -0.4 is 0 Å². The molecule has 0 amide bonds. The molecule has 0 spiro atoms. The first-order valence-corrected chi connectivity index (χ1v) is 6.83. The van der Waals surface area contributed by atoms with Crippen molar-refractivity contribution in [3.05, 3.63) is 35.4 Å². The van der Waals surface area contributed by atoms with Gasteiger partial charge in [-0.25, -0.2) is 0 Å². The summed E-state index contributed by atoms with van der Waals surface area (Å²) >= 11 is 0. The predicted molar refractivity (Wildman–Crippen MR) is 68.9 cm³/mol. The molecule has 1 fully saturated rings. The van der Waals surface area contributed by atoms with Gasteiger partial charge >= 0.3 is 0 Å². The molecule has 0 radical (unpaired) electrons. The Labute approximate surface area is 103 Å². The average molecular weight is 231 g/mol. The molecule has 1 aliphatic carbocycles. The summed E-state index contributed by atoms with van der Waals surface area (Å²) in [5.41, 5.74) is 2.51. The lowest BCUT2D eigenvalue weighted by molar-refractivity contribution is 0.0855. The van der Waals surface area contributed by atoms with E-state index in [4.69, 9.17) is 0 Å². The molecule has 0 bridgehead atoms. The van der Waals surface area contributed by atoms with E-state index in [-0.39, 0.29) is 6.10 Å². The number of rotatable bonds is 2. The quantitative estimate of drug-likeness (QED) is 0.844. The van der Waals surface area contributed by atoms with E-state index in [1.807, 2.05) is 6.07 Å². The third-order valence-electron chi connectivity index (χ3n) is 4.24. The summed E-state index contributed by atoms with van der Waals surface area (Å²) in [6.07, 6.45) is 4.84. The van der Waals surface area contributed by atoms with Crippen LogP contribution in [0.3, 0.4) is 0 Å². The zero-order chi connectivity index (χ0) is 11.7. The van der Waals surface area contributed by atoms with Gasteiger partial charge in [0.1, 0.15) is 0 Å². The van der Waals surface area contributed by atoms with Gasteiger partial charge in [0.2, 0.25) is 0 Å². The van der Waals surface area contributed by atoms with Crippen molar-refractivity contribution in [1.82, 2.24) is 4.90 Å². The molecule has 2 aliphatic rings. The van der Waals surface area contributed by atoms with Crippen molar-refractivity contribution in [1.29, 1.82) is 0 Å². The lowest BCUT2D eigenvalue weighted by Crippen LogP contribution is -2.35. The Bertz CT molecular complexity index is 384. The van der Waals surface area contributed by atoms with Crippen LogP contribution in [-0.2, 0) is 6.42 Å². The number of hydrogen-bond acceptors (Lipinski definition) is 2. The van der Waals surface area contributed by atoms with Crippen LogP contribution in [0.15, 0.2) is 24.3 Å². The Hall–Kier alpha value is -0.860. The van der Waals surface area contributed by atoms with Gasteiger partial charge in [-0.05, 0) is 43.5 Å². The molecular weight excluding hydrogens is 210 g/mol. The van der Waals surface area contributed by atoms with Crippen molar-refractivity contribution in [2.45, 2.75) is 31.8 Å². The van der Waals surface area contributed by atoms with E-state index in [9.17, 15) is 5.11 Å². The van der Waals surface area contributed by atoms with E-state index in [0.717, 1.165) is 18.5 Å². The van der Waals surface area contributed by atoms with Crippen molar-refractivity contribution < 1.29 is 5.11 Å². The largest absolute Gasteiger partial charge is 0.388 e. The van der Waals surface area contributed by atoms with E-state index in [1.54, 1.807) is 0 Å². The minimum atomic E-state index is -0.242. The van der Waals surface area contributed by atoms with Gasteiger partial charge in [0.25, 0.3) is 0 Å². The highest BCUT2D eigenvalue weighted by Gasteiger charge is 2.31. The standard InChI is InChI=1S/C15H21NO/c17-15-13(11-16-8-4-1-5-9-16)10-12-6-2-3-7-14(12)15/h2-3,6-7,13,15,17H,1,4-5,8-11H2/t13-,15+/m0/s1. The van der Waals surface area contributed by atoms with Crippen molar-refractivity contribution in [3.63, 3.8) is 0 Å². The summed E-state index contributed by atoms with van der Waals surface area (Å²) in [4.78, 5) is 2.53. The molecule has 1 aromatic carbocycles. The zero-order valence-electron chi connectivity index (χ0n) is 10.3. The first-order chi connectivity index (χ1) is 8.34. The molecule has 2 atom stereocenters. The lowest BCUT2D eigenvalue weighted by Gasteiger charge is -2.30. The Morgan fingerprint density at radius 3 is 2.65 bits per heavy atom. The number of aliphatic hydroxyl groups is 1. The van der Waals surface area contributed by atoms with Crippen LogP contribution >= 0.6 is 0 Å². The Kier molecular flexibility index (Phi) is 3.17. The van der Waals surface area contributed by atoms with Gasteiger partial charge in [-0.15, -0.1) is 0 Å². The number of likely N-dealkylation sites (tertiary alicyclic amines) is 1. The highest BCUT2D eigenvalue weighted by Crippen LogP contribution is 2.36. The molecule has 1 aliphatic heterocycles. The highest BCUT2D eigenvalue weighted by molar-refractivity contribution is 5.34. The monoisotopic (exact) mass is 231 g/mol. The van der Waals surface area contributed by atoms with Crippen LogP contribution in [0.1, 0.15) is 36.5 Å². The van der Waals surface area contributed by atoms with Crippen molar-refractivity contribution in [2.75, 3.05) is 19.6 Å². The molecule has 1 aromatic rings. The second-order valence-corrected chi connectivity index (χ2v) is 5.47. The van der Waals surface area contributed by atoms with Gasteiger partial charge in [-0.1, -0.05) is 30.7 Å². The summed E-state index contributed by atoms with van der Waals surface area (Å²) < 4.78 is 0. The van der Waals surface area contributed by atoms with Crippen molar-refractivity contribution in [2.24, 2.45) is 5.92 Å². The smallest absolute Gasteiger partial charge is 0.0836 e. The van der Waals surface area contributed by atoms with Crippen LogP contribution in [0.2, 0.25) is 0 Å². The van der Waals surface area contributed by atoms with Crippen LogP contribution in [0.4, 0.5) is 0 Å². The van der Waals surface area contributed by atoms with Gasteiger partial charge < -0.3 is 10.0 Å². The van der Waals surface area contributed by atoms with Crippen LogP contribution in [0, 0.1) is 5.92 Å². The Morgan fingerprint density at radius 1 is 1.12 bits per heavy atom. The summed E-state index contributed by atoms with van der Waals surface area (Å²) in [5, 5.41) is 10.3. The molecule has 0 unspecified atom stereocenters. The summed E-state index contributed by atoms with van der Waals surface area (Å²) in [6.45, 7) is 3.51. The van der Waals surface area contributed by atoms with Crippen molar-refractivity contribution >= 4 is 0 Å². The summed E-state index contributed by atoms with van der Waals surface area (Å²) in [7, 11) is 0. The van der Waals surface area contributed by atoms with E-state index in [2.05, 4.69) is 23.1 Å². The summed E-state index contributed by atoms with van der Waals surface area (Å²) in [5.74, 6) is 0.408. The number of benzene rings is 1. The molecule has 2 heteroatoms. The molecule has 2 nitrogen and oxygen atoms in total. The predicted octanol–water partition coefficient (Wildman–Crippen LogP) is 2.38. The third-order valence-corrected chi connectivity index (χ3v) is 4.24. The maximum absolute atomic E-state index is 10.3.